The average molecular weight is 504 g/mol. The molecule has 0 aliphatic carbocycles. The van der Waals surface area contributed by atoms with E-state index in [4.69, 9.17) is 16.3 Å². The van der Waals surface area contributed by atoms with Crippen LogP contribution in [-0.2, 0) is 14.3 Å². The lowest BCUT2D eigenvalue weighted by Gasteiger charge is -2.29. The fourth-order valence-corrected chi connectivity index (χ4v) is 6.55. The van der Waals surface area contributed by atoms with Crippen LogP contribution in [-0.4, -0.2) is 47.4 Å². The van der Waals surface area contributed by atoms with Gasteiger partial charge in [-0.25, -0.2) is 4.79 Å². The molecule has 0 spiro atoms. The third-order valence-corrected chi connectivity index (χ3v) is 8.19. The highest BCUT2D eigenvalue weighted by atomic mass is 35.5. The number of likely N-dealkylation sites (tertiary alicyclic amines) is 1. The monoisotopic (exact) mass is 503 g/mol. The molecule has 0 bridgehead atoms. The summed E-state index contributed by atoms with van der Waals surface area (Å²) in [6.45, 7) is 1.63. The zero-order chi connectivity index (χ0) is 23.7. The van der Waals surface area contributed by atoms with Gasteiger partial charge in [0.05, 0.1) is 16.8 Å². The van der Waals surface area contributed by atoms with E-state index in [9.17, 15) is 19.5 Å². The van der Waals surface area contributed by atoms with Crippen LogP contribution in [0.4, 0.5) is 0 Å². The summed E-state index contributed by atoms with van der Waals surface area (Å²) < 4.78 is 5.08. The number of carboxylic acid groups (broad SMARTS) is 1. The van der Waals surface area contributed by atoms with Crippen molar-refractivity contribution in [3.63, 3.8) is 0 Å². The molecule has 1 aliphatic heterocycles. The van der Waals surface area contributed by atoms with Crippen molar-refractivity contribution in [1.82, 2.24) is 4.90 Å². The second-order valence-corrected chi connectivity index (χ2v) is 10.2. The van der Waals surface area contributed by atoms with E-state index < -0.39 is 35.8 Å². The number of carboxylic acids is 1. The summed E-state index contributed by atoms with van der Waals surface area (Å²) in [6, 6.07) is 10.3. The zero-order valence-corrected chi connectivity index (χ0v) is 20.3. The van der Waals surface area contributed by atoms with Crippen LogP contribution in [0.2, 0.25) is 5.02 Å². The Hall–Kier alpha value is -2.52. The summed E-state index contributed by atoms with van der Waals surface area (Å²) in [7, 11) is 1.39. The number of thiophene rings is 2. The van der Waals surface area contributed by atoms with Gasteiger partial charge in [0.15, 0.2) is 5.78 Å². The molecule has 4 unspecified atom stereocenters. The van der Waals surface area contributed by atoms with Crippen LogP contribution in [0.5, 0.6) is 0 Å². The molecule has 3 heterocycles. The van der Waals surface area contributed by atoms with Gasteiger partial charge in [0, 0.05) is 22.9 Å². The Morgan fingerprint density at radius 1 is 1.09 bits per heavy atom. The quantitative estimate of drug-likeness (QED) is 0.457. The molecule has 4 atom stereocenters. The molecule has 1 fully saturated rings. The second kappa shape index (κ2) is 9.77. The van der Waals surface area contributed by atoms with E-state index in [1.54, 1.807) is 36.4 Å². The van der Waals surface area contributed by atoms with E-state index in [0.717, 1.165) is 10.4 Å². The molecule has 4 rings (SSSR count). The zero-order valence-electron chi connectivity index (χ0n) is 17.9. The molecular weight excluding hydrogens is 482 g/mol. The maximum absolute atomic E-state index is 13.9. The van der Waals surface area contributed by atoms with Gasteiger partial charge in [-0.05, 0) is 53.1 Å². The van der Waals surface area contributed by atoms with Gasteiger partial charge >= 0.3 is 5.97 Å². The van der Waals surface area contributed by atoms with Gasteiger partial charge in [0.1, 0.15) is 12.6 Å². The topological polar surface area (TPSA) is 83.9 Å². The van der Waals surface area contributed by atoms with Gasteiger partial charge in [-0.2, -0.15) is 0 Å². The van der Waals surface area contributed by atoms with Crippen molar-refractivity contribution in [3.8, 4) is 0 Å². The molecule has 3 aromatic rings. The van der Waals surface area contributed by atoms with E-state index in [0.29, 0.717) is 15.5 Å². The number of rotatable bonds is 7. The lowest BCUT2D eigenvalue weighted by atomic mass is 9.78. The van der Waals surface area contributed by atoms with Crippen molar-refractivity contribution in [2.75, 3.05) is 13.7 Å². The van der Waals surface area contributed by atoms with E-state index >= 15 is 0 Å². The fourth-order valence-electron chi connectivity index (χ4n) is 4.63. The minimum Gasteiger partial charge on any atom is -0.480 e. The Morgan fingerprint density at radius 2 is 1.82 bits per heavy atom. The third-order valence-electron chi connectivity index (χ3n) is 5.97. The van der Waals surface area contributed by atoms with E-state index in [-0.39, 0.29) is 12.4 Å². The summed E-state index contributed by atoms with van der Waals surface area (Å²) in [5.74, 6) is -3.37. The van der Waals surface area contributed by atoms with Crippen LogP contribution >= 0.6 is 34.3 Å². The van der Waals surface area contributed by atoms with Crippen molar-refractivity contribution in [1.29, 1.82) is 0 Å². The van der Waals surface area contributed by atoms with Crippen LogP contribution in [0.25, 0.3) is 0 Å². The number of carbonyl (C=O) groups is 3. The highest BCUT2D eigenvalue weighted by Crippen LogP contribution is 2.53. The molecule has 1 N–H and O–H groups in total. The number of Topliss-reactive ketones (excluding diaryl/α,β-unsaturated/α-hetero) is 1. The minimum absolute atomic E-state index is 0.179. The molecule has 9 heteroatoms. The predicted octanol–water partition coefficient (Wildman–Crippen LogP) is 5.04. The molecule has 1 amide bonds. The first-order chi connectivity index (χ1) is 15.8. The fraction of sp³-hybridized carbons (Fsp3) is 0.292. The lowest BCUT2D eigenvalue weighted by molar-refractivity contribution is -0.151. The van der Waals surface area contributed by atoms with E-state index in [1.165, 1.54) is 34.7 Å². The number of ether oxygens (including phenoxy) is 1. The van der Waals surface area contributed by atoms with E-state index in [2.05, 4.69) is 0 Å². The van der Waals surface area contributed by atoms with Crippen LogP contribution in [0.15, 0.2) is 53.2 Å². The van der Waals surface area contributed by atoms with Crippen molar-refractivity contribution < 1.29 is 24.2 Å². The first kappa shape index (κ1) is 23.6. The smallest absolute Gasteiger partial charge is 0.327 e. The van der Waals surface area contributed by atoms with Crippen molar-refractivity contribution in [2.24, 2.45) is 5.92 Å². The molecule has 172 valence electrons. The number of nitrogens with zero attached hydrogens (tertiary/aromatic N) is 1. The number of aliphatic carboxylic acids is 1. The highest BCUT2D eigenvalue weighted by Gasteiger charge is 2.58. The Labute approximate surface area is 204 Å². The van der Waals surface area contributed by atoms with Crippen LogP contribution in [0.3, 0.4) is 0 Å². The Bertz CT molecular complexity index is 1160. The predicted molar refractivity (Wildman–Crippen MR) is 128 cm³/mol. The van der Waals surface area contributed by atoms with Gasteiger partial charge in [-0.1, -0.05) is 29.8 Å². The highest BCUT2D eigenvalue weighted by molar-refractivity contribution is 7.12. The summed E-state index contributed by atoms with van der Waals surface area (Å²) >= 11 is 8.82. The molecule has 0 radical (unpaired) electrons. The number of hydrogen-bond acceptors (Lipinski definition) is 6. The number of ketones is 1. The standard InChI is InChI=1S/C24H22ClNO5S2/c1-13-9-11-33-23(13)20-19(22(28)16-4-3-10-32-16)18(14-5-7-15(25)8-6-14)21(24(29)30)26(20)17(27)12-31-2/h3-11,18-21H,12H2,1-2H3,(H,29,30). The largest absolute Gasteiger partial charge is 0.480 e. The SMILES string of the molecule is COCC(=O)N1C(C(=O)O)C(c2ccc(Cl)cc2)C(C(=O)c2cccs2)C1c1sccc1C. The minimum atomic E-state index is -1.24. The summed E-state index contributed by atoms with van der Waals surface area (Å²) in [5, 5.41) is 14.5. The van der Waals surface area contributed by atoms with Gasteiger partial charge < -0.3 is 14.7 Å². The Morgan fingerprint density at radius 3 is 2.36 bits per heavy atom. The first-order valence-corrected chi connectivity index (χ1v) is 12.4. The maximum atomic E-state index is 13.9. The molecule has 2 aromatic heterocycles. The number of aryl methyl sites for hydroxylation is 1. The number of benzene rings is 1. The normalized spacial score (nSPS) is 22.5. The molecule has 1 aliphatic rings. The molecular formula is C24H22ClNO5S2. The van der Waals surface area contributed by atoms with Gasteiger partial charge in [0.25, 0.3) is 0 Å². The number of hydrogen-bond donors (Lipinski definition) is 1. The molecule has 0 saturated carbocycles. The van der Waals surface area contributed by atoms with E-state index in [1.807, 2.05) is 23.8 Å². The van der Waals surface area contributed by atoms with Gasteiger partial charge in [0.2, 0.25) is 5.91 Å². The number of methoxy groups -OCH3 is 1. The van der Waals surface area contributed by atoms with Crippen molar-refractivity contribution >= 4 is 51.9 Å². The number of halogens is 1. The molecule has 1 aromatic carbocycles. The number of carbonyl (C=O) groups excluding carboxylic acids is 2. The van der Waals surface area contributed by atoms with Crippen LogP contribution < -0.4 is 0 Å². The Kier molecular flexibility index (Phi) is 6.99. The van der Waals surface area contributed by atoms with Crippen LogP contribution in [0, 0.1) is 12.8 Å². The summed E-state index contributed by atoms with van der Waals surface area (Å²) in [6.07, 6.45) is 0. The maximum Gasteiger partial charge on any atom is 0.327 e. The molecule has 6 nitrogen and oxygen atoms in total. The van der Waals surface area contributed by atoms with Gasteiger partial charge in [-0.3, -0.25) is 9.59 Å². The Balaban J connectivity index is 1.97. The van der Waals surface area contributed by atoms with Crippen LogP contribution in [0.1, 0.15) is 37.6 Å². The second-order valence-electron chi connectivity index (χ2n) is 7.87. The third kappa shape index (κ3) is 4.36. The first-order valence-electron chi connectivity index (χ1n) is 10.2. The molecule has 33 heavy (non-hydrogen) atoms. The average Bonchev–Trinajstić information content (AvgIpc) is 3.52. The molecule has 1 saturated heterocycles. The lowest BCUT2D eigenvalue weighted by Crippen LogP contribution is -2.45. The van der Waals surface area contributed by atoms with Gasteiger partial charge in [-0.15, -0.1) is 22.7 Å². The summed E-state index contributed by atoms with van der Waals surface area (Å²) in [4.78, 5) is 42.5. The number of amides is 1. The van der Waals surface area contributed by atoms with Crippen molar-refractivity contribution in [3.05, 3.63) is 79.1 Å². The summed E-state index contributed by atoms with van der Waals surface area (Å²) in [5.41, 5.74) is 1.55. The van der Waals surface area contributed by atoms with Crippen molar-refractivity contribution in [2.45, 2.75) is 24.9 Å².